The first-order chi connectivity index (χ1) is 8.16. The molecule has 2 rings (SSSR count). The normalized spacial score (nSPS) is 12.1. The highest BCUT2D eigenvalue weighted by Gasteiger charge is 2.13. The SMILES string of the molecule is CC(NC(=O)c1ccc(Br)cn1)c1nccs1. The molecule has 0 spiro atoms. The van der Waals surface area contributed by atoms with Crippen LogP contribution in [0.15, 0.2) is 34.4 Å². The minimum Gasteiger partial charge on any atom is -0.342 e. The van der Waals surface area contributed by atoms with Gasteiger partial charge in [0, 0.05) is 22.2 Å². The van der Waals surface area contributed by atoms with Crippen LogP contribution in [0.4, 0.5) is 0 Å². The molecule has 17 heavy (non-hydrogen) atoms. The lowest BCUT2D eigenvalue weighted by molar-refractivity contribution is 0.0935. The van der Waals surface area contributed by atoms with Crippen LogP contribution in [0.5, 0.6) is 0 Å². The molecule has 0 bridgehead atoms. The van der Waals surface area contributed by atoms with Gasteiger partial charge in [0.25, 0.3) is 5.91 Å². The molecule has 0 radical (unpaired) electrons. The summed E-state index contributed by atoms with van der Waals surface area (Å²) in [7, 11) is 0. The lowest BCUT2D eigenvalue weighted by Gasteiger charge is -2.10. The van der Waals surface area contributed by atoms with Crippen LogP contribution in [0.2, 0.25) is 0 Å². The molecule has 0 fully saturated rings. The molecule has 1 amide bonds. The maximum atomic E-state index is 11.8. The van der Waals surface area contributed by atoms with Crippen LogP contribution in [0.25, 0.3) is 0 Å². The third-order valence-corrected chi connectivity index (χ3v) is 3.56. The summed E-state index contributed by atoms with van der Waals surface area (Å²) in [6.07, 6.45) is 3.32. The second-order valence-corrected chi connectivity index (χ2v) is 5.27. The number of carbonyl (C=O) groups excluding carboxylic acids is 1. The van der Waals surface area contributed by atoms with Crippen molar-refractivity contribution in [1.82, 2.24) is 15.3 Å². The van der Waals surface area contributed by atoms with Gasteiger partial charge in [-0.3, -0.25) is 4.79 Å². The topological polar surface area (TPSA) is 54.9 Å². The summed E-state index contributed by atoms with van der Waals surface area (Å²) < 4.78 is 0.849. The number of carbonyl (C=O) groups is 1. The number of halogens is 1. The lowest BCUT2D eigenvalue weighted by atomic mass is 10.3. The quantitative estimate of drug-likeness (QED) is 0.948. The molecule has 1 N–H and O–H groups in total. The average molecular weight is 312 g/mol. The van der Waals surface area contributed by atoms with Crippen LogP contribution >= 0.6 is 27.3 Å². The second-order valence-electron chi connectivity index (χ2n) is 3.43. The molecular formula is C11H10BrN3OS. The van der Waals surface area contributed by atoms with E-state index in [2.05, 4.69) is 31.2 Å². The summed E-state index contributed by atoms with van der Waals surface area (Å²) in [5, 5.41) is 5.62. The summed E-state index contributed by atoms with van der Waals surface area (Å²) in [6.45, 7) is 1.90. The molecule has 0 saturated heterocycles. The van der Waals surface area contributed by atoms with Crippen molar-refractivity contribution < 1.29 is 4.79 Å². The number of nitrogens with one attached hydrogen (secondary N) is 1. The fourth-order valence-corrected chi connectivity index (χ4v) is 2.17. The number of pyridine rings is 1. The summed E-state index contributed by atoms with van der Waals surface area (Å²) >= 11 is 4.79. The van der Waals surface area contributed by atoms with E-state index >= 15 is 0 Å². The van der Waals surface area contributed by atoms with Crippen molar-refractivity contribution in [2.75, 3.05) is 0 Å². The zero-order valence-corrected chi connectivity index (χ0v) is 11.5. The lowest BCUT2D eigenvalue weighted by Crippen LogP contribution is -2.27. The van der Waals surface area contributed by atoms with Crippen molar-refractivity contribution in [3.63, 3.8) is 0 Å². The van der Waals surface area contributed by atoms with E-state index in [0.717, 1.165) is 9.48 Å². The number of amides is 1. The van der Waals surface area contributed by atoms with Crippen LogP contribution < -0.4 is 5.32 Å². The smallest absolute Gasteiger partial charge is 0.270 e. The van der Waals surface area contributed by atoms with Gasteiger partial charge in [-0.2, -0.15) is 0 Å². The van der Waals surface area contributed by atoms with Gasteiger partial charge < -0.3 is 5.32 Å². The van der Waals surface area contributed by atoms with Gasteiger partial charge in [-0.15, -0.1) is 11.3 Å². The third kappa shape index (κ3) is 3.10. The van der Waals surface area contributed by atoms with Crippen molar-refractivity contribution in [3.05, 3.63) is 45.1 Å². The van der Waals surface area contributed by atoms with Gasteiger partial charge in [-0.05, 0) is 35.0 Å². The van der Waals surface area contributed by atoms with E-state index < -0.39 is 0 Å². The standard InChI is InChI=1S/C11H10BrN3OS/c1-7(11-13-4-5-17-11)15-10(16)9-3-2-8(12)6-14-9/h2-7H,1H3,(H,15,16). The Hall–Kier alpha value is -1.27. The summed E-state index contributed by atoms with van der Waals surface area (Å²) in [5.41, 5.74) is 0.400. The largest absolute Gasteiger partial charge is 0.342 e. The average Bonchev–Trinajstić information content (AvgIpc) is 2.83. The van der Waals surface area contributed by atoms with Crippen molar-refractivity contribution in [2.24, 2.45) is 0 Å². The van der Waals surface area contributed by atoms with E-state index in [1.807, 2.05) is 12.3 Å². The molecule has 0 aliphatic rings. The molecule has 0 aliphatic carbocycles. The molecule has 1 unspecified atom stereocenters. The van der Waals surface area contributed by atoms with Crippen LogP contribution in [0.3, 0.4) is 0 Å². The summed E-state index contributed by atoms with van der Waals surface area (Å²) in [4.78, 5) is 20.0. The van der Waals surface area contributed by atoms with E-state index in [9.17, 15) is 4.79 Å². The Labute approximate surface area is 111 Å². The van der Waals surface area contributed by atoms with Gasteiger partial charge in [-0.25, -0.2) is 9.97 Å². The Morgan fingerprint density at radius 3 is 2.88 bits per heavy atom. The van der Waals surface area contributed by atoms with Crippen LogP contribution in [-0.2, 0) is 0 Å². The van der Waals surface area contributed by atoms with Crippen LogP contribution in [0, 0.1) is 0 Å². The Kier molecular flexibility index (Phi) is 3.86. The maximum Gasteiger partial charge on any atom is 0.270 e. The van der Waals surface area contributed by atoms with E-state index in [0.29, 0.717) is 5.69 Å². The van der Waals surface area contributed by atoms with Crippen molar-refractivity contribution >= 4 is 33.2 Å². The zero-order valence-electron chi connectivity index (χ0n) is 9.05. The fraction of sp³-hybridized carbons (Fsp3) is 0.182. The van der Waals surface area contributed by atoms with Crippen molar-refractivity contribution in [3.8, 4) is 0 Å². The molecule has 6 heteroatoms. The Balaban J connectivity index is 2.04. The monoisotopic (exact) mass is 311 g/mol. The Bertz CT molecular complexity index is 498. The van der Waals surface area contributed by atoms with Gasteiger partial charge in [0.1, 0.15) is 10.7 Å². The molecule has 1 atom stereocenters. The molecular weight excluding hydrogens is 302 g/mol. The fourth-order valence-electron chi connectivity index (χ4n) is 1.29. The minimum absolute atomic E-state index is 0.104. The molecule has 88 valence electrons. The van der Waals surface area contributed by atoms with E-state index in [1.165, 1.54) is 11.3 Å². The van der Waals surface area contributed by atoms with Gasteiger partial charge in [-0.1, -0.05) is 0 Å². The molecule has 4 nitrogen and oxygen atoms in total. The highest BCUT2D eigenvalue weighted by atomic mass is 79.9. The molecule has 2 heterocycles. The highest BCUT2D eigenvalue weighted by molar-refractivity contribution is 9.10. The summed E-state index contributed by atoms with van der Waals surface area (Å²) in [5.74, 6) is -0.194. The first kappa shape index (κ1) is 12.2. The van der Waals surface area contributed by atoms with E-state index in [1.54, 1.807) is 24.5 Å². The minimum atomic E-state index is -0.194. The zero-order chi connectivity index (χ0) is 12.3. The number of hydrogen-bond acceptors (Lipinski definition) is 4. The number of aromatic nitrogens is 2. The molecule has 0 aliphatic heterocycles. The van der Waals surface area contributed by atoms with Gasteiger partial charge in [0.05, 0.1) is 6.04 Å². The van der Waals surface area contributed by atoms with Gasteiger partial charge in [0.15, 0.2) is 0 Å². The first-order valence-corrected chi connectivity index (χ1v) is 6.66. The third-order valence-electron chi connectivity index (χ3n) is 2.13. The highest BCUT2D eigenvalue weighted by Crippen LogP contribution is 2.15. The van der Waals surface area contributed by atoms with Gasteiger partial charge in [0.2, 0.25) is 0 Å². The molecule has 0 saturated carbocycles. The predicted octanol–water partition coefficient (Wildman–Crippen LogP) is 2.79. The molecule has 2 aromatic heterocycles. The van der Waals surface area contributed by atoms with E-state index in [-0.39, 0.29) is 11.9 Å². The van der Waals surface area contributed by atoms with Crippen LogP contribution in [0.1, 0.15) is 28.5 Å². The Morgan fingerprint density at radius 1 is 1.47 bits per heavy atom. The number of thiazole rings is 1. The molecule has 2 aromatic rings. The number of hydrogen-bond donors (Lipinski definition) is 1. The van der Waals surface area contributed by atoms with Crippen LogP contribution in [-0.4, -0.2) is 15.9 Å². The maximum absolute atomic E-state index is 11.8. The summed E-state index contributed by atoms with van der Waals surface area (Å²) in [6, 6.07) is 3.36. The number of nitrogens with zero attached hydrogens (tertiary/aromatic N) is 2. The number of rotatable bonds is 3. The van der Waals surface area contributed by atoms with E-state index in [4.69, 9.17) is 0 Å². The predicted molar refractivity (Wildman–Crippen MR) is 69.9 cm³/mol. The molecule has 0 aromatic carbocycles. The second kappa shape index (κ2) is 5.37. The van der Waals surface area contributed by atoms with Crippen molar-refractivity contribution in [1.29, 1.82) is 0 Å². The Morgan fingerprint density at radius 2 is 2.29 bits per heavy atom. The van der Waals surface area contributed by atoms with Crippen molar-refractivity contribution in [2.45, 2.75) is 13.0 Å². The van der Waals surface area contributed by atoms with Gasteiger partial charge >= 0.3 is 0 Å². The first-order valence-electron chi connectivity index (χ1n) is 4.98.